The normalized spacial score (nSPS) is 11.8. The standard InChI is InChI=1S/C15H24FN3O3S/c1-12(2)9-10-17-15(20)11-19(23(21,22)18(3)4)14-8-6-5-7-13(14)16/h5-8,12H,9-11H2,1-4H3,(H,17,20). The number of carbonyl (C=O) groups is 1. The fourth-order valence-electron chi connectivity index (χ4n) is 1.83. The molecule has 0 unspecified atom stereocenters. The Balaban J connectivity index is 2.99. The molecule has 0 aliphatic carbocycles. The first kappa shape index (κ1) is 19.4. The van der Waals surface area contributed by atoms with Gasteiger partial charge in [-0.15, -0.1) is 0 Å². The first-order valence-electron chi connectivity index (χ1n) is 7.37. The second-order valence-corrected chi connectivity index (χ2v) is 7.85. The van der Waals surface area contributed by atoms with Crippen LogP contribution in [0, 0.1) is 11.7 Å². The van der Waals surface area contributed by atoms with Crippen molar-refractivity contribution in [2.75, 3.05) is 31.5 Å². The number of para-hydroxylation sites is 1. The summed E-state index contributed by atoms with van der Waals surface area (Å²) in [7, 11) is -1.32. The van der Waals surface area contributed by atoms with Gasteiger partial charge in [-0.05, 0) is 24.5 Å². The maximum absolute atomic E-state index is 14.0. The first-order chi connectivity index (χ1) is 10.7. The van der Waals surface area contributed by atoms with Crippen molar-refractivity contribution in [3.05, 3.63) is 30.1 Å². The summed E-state index contributed by atoms with van der Waals surface area (Å²) < 4.78 is 40.5. The predicted octanol–water partition coefficient (Wildman–Crippen LogP) is 1.60. The van der Waals surface area contributed by atoms with Gasteiger partial charge >= 0.3 is 10.2 Å². The highest BCUT2D eigenvalue weighted by Crippen LogP contribution is 2.22. The zero-order valence-electron chi connectivity index (χ0n) is 13.9. The van der Waals surface area contributed by atoms with Crippen molar-refractivity contribution in [1.82, 2.24) is 9.62 Å². The summed E-state index contributed by atoms with van der Waals surface area (Å²) in [6.45, 7) is 4.02. The van der Waals surface area contributed by atoms with Gasteiger partial charge in [-0.1, -0.05) is 26.0 Å². The molecule has 130 valence electrons. The number of hydrogen-bond donors (Lipinski definition) is 1. The van der Waals surface area contributed by atoms with Crippen LogP contribution in [0.1, 0.15) is 20.3 Å². The average molecular weight is 345 g/mol. The number of nitrogens with zero attached hydrogens (tertiary/aromatic N) is 2. The monoisotopic (exact) mass is 345 g/mol. The molecular weight excluding hydrogens is 321 g/mol. The van der Waals surface area contributed by atoms with Crippen LogP contribution in [0.2, 0.25) is 0 Å². The van der Waals surface area contributed by atoms with E-state index in [1.165, 1.54) is 32.3 Å². The van der Waals surface area contributed by atoms with E-state index in [0.717, 1.165) is 21.1 Å². The van der Waals surface area contributed by atoms with Crippen molar-refractivity contribution < 1.29 is 17.6 Å². The zero-order valence-corrected chi connectivity index (χ0v) is 14.7. The number of rotatable bonds is 8. The minimum atomic E-state index is -3.99. The summed E-state index contributed by atoms with van der Waals surface area (Å²) >= 11 is 0. The van der Waals surface area contributed by atoms with E-state index in [-0.39, 0.29) is 5.69 Å². The lowest BCUT2D eigenvalue weighted by molar-refractivity contribution is -0.119. The van der Waals surface area contributed by atoms with Gasteiger partial charge in [0.25, 0.3) is 0 Å². The number of benzene rings is 1. The molecule has 0 atom stereocenters. The SMILES string of the molecule is CC(C)CCNC(=O)CN(c1ccccc1F)S(=O)(=O)N(C)C. The highest BCUT2D eigenvalue weighted by Gasteiger charge is 2.29. The Kier molecular flexibility index (Phi) is 6.96. The van der Waals surface area contributed by atoms with Gasteiger partial charge < -0.3 is 5.32 Å². The van der Waals surface area contributed by atoms with Crippen molar-refractivity contribution in [2.45, 2.75) is 20.3 Å². The molecule has 1 amide bonds. The largest absolute Gasteiger partial charge is 0.355 e. The minimum Gasteiger partial charge on any atom is -0.355 e. The molecule has 0 bridgehead atoms. The third kappa shape index (κ3) is 5.47. The van der Waals surface area contributed by atoms with Gasteiger partial charge in [0.15, 0.2) is 0 Å². The van der Waals surface area contributed by atoms with E-state index >= 15 is 0 Å². The Hall–Kier alpha value is -1.67. The summed E-state index contributed by atoms with van der Waals surface area (Å²) in [4.78, 5) is 12.0. The number of amides is 1. The van der Waals surface area contributed by atoms with Crippen LogP contribution < -0.4 is 9.62 Å². The molecule has 0 saturated heterocycles. The van der Waals surface area contributed by atoms with E-state index in [1.807, 2.05) is 13.8 Å². The molecule has 0 fully saturated rings. The lowest BCUT2D eigenvalue weighted by atomic mass is 10.1. The van der Waals surface area contributed by atoms with E-state index < -0.39 is 28.5 Å². The van der Waals surface area contributed by atoms with E-state index in [1.54, 1.807) is 0 Å². The Morgan fingerprint density at radius 1 is 1.26 bits per heavy atom. The topological polar surface area (TPSA) is 69.7 Å². The van der Waals surface area contributed by atoms with Crippen LogP contribution in [0.4, 0.5) is 10.1 Å². The minimum absolute atomic E-state index is 0.153. The van der Waals surface area contributed by atoms with E-state index in [0.29, 0.717) is 12.5 Å². The summed E-state index contributed by atoms with van der Waals surface area (Å²) in [6.07, 6.45) is 0.784. The summed E-state index contributed by atoms with van der Waals surface area (Å²) in [5.74, 6) is -0.754. The molecule has 1 rings (SSSR count). The van der Waals surface area contributed by atoms with Gasteiger partial charge in [-0.2, -0.15) is 12.7 Å². The molecule has 0 aromatic heterocycles. The summed E-state index contributed by atoms with van der Waals surface area (Å²) in [5, 5.41) is 2.66. The maximum Gasteiger partial charge on any atom is 0.304 e. The summed E-state index contributed by atoms with van der Waals surface area (Å²) in [5.41, 5.74) is -0.153. The van der Waals surface area contributed by atoms with Crippen LogP contribution in [0.3, 0.4) is 0 Å². The molecule has 0 aliphatic heterocycles. The number of carbonyl (C=O) groups excluding carboxylic acids is 1. The Bertz CT molecular complexity index is 633. The van der Waals surface area contributed by atoms with E-state index in [4.69, 9.17) is 0 Å². The molecule has 23 heavy (non-hydrogen) atoms. The van der Waals surface area contributed by atoms with Gasteiger partial charge in [0, 0.05) is 20.6 Å². The van der Waals surface area contributed by atoms with Gasteiger partial charge in [0.05, 0.1) is 5.69 Å². The fourth-order valence-corrected chi connectivity index (χ4v) is 2.90. The predicted molar refractivity (Wildman–Crippen MR) is 88.8 cm³/mol. The van der Waals surface area contributed by atoms with Crippen molar-refractivity contribution in [1.29, 1.82) is 0 Å². The smallest absolute Gasteiger partial charge is 0.304 e. The fraction of sp³-hybridized carbons (Fsp3) is 0.533. The van der Waals surface area contributed by atoms with Crippen LogP contribution in [-0.2, 0) is 15.0 Å². The Morgan fingerprint density at radius 3 is 2.39 bits per heavy atom. The number of hydrogen-bond acceptors (Lipinski definition) is 3. The lowest BCUT2D eigenvalue weighted by Gasteiger charge is -2.27. The quantitative estimate of drug-likeness (QED) is 0.778. The zero-order chi connectivity index (χ0) is 17.6. The lowest BCUT2D eigenvalue weighted by Crippen LogP contribution is -2.46. The third-order valence-electron chi connectivity index (χ3n) is 3.19. The number of anilines is 1. The van der Waals surface area contributed by atoms with Gasteiger partial charge in [-0.25, -0.2) is 8.70 Å². The van der Waals surface area contributed by atoms with E-state index in [9.17, 15) is 17.6 Å². The molecule has 1 aromatic carbocycles. The van der Waals surface area contributed by atoms with Crippen LogP contribution >= 0.6 is 0 Å². The molecular formula is C15H24FN3O3S. The van der Waals surface area contributed by atoms with Gasteiger partial charge in [0.1, 0.15) is 12.4 Å². The van der Waals surface area contributed by atoms with Crippen LogP contribution in [0.25, 0.3) is 0 Å². The highest BCUT2D eigenvalue weighted by atomic mass is 32.2. The van der Waals surface area contributed by atoms with E-state index in [2.05, 4.69) is 5.32 Å². The molecule has 0 heterocycles. The Morgan fingerprint density at radius 2 is 1.87 bits per heavy atom. The van der Waals surface area contributed by atoms with Crippen LogP contribution in [0.5, 0.6) is 0 Å². The highest BCUT2D eigenvalue weighted by molar-refractivity contribution is 7.90. The van der Waals surface area contributed by atoms with Crippen LogP contribution in [0.15, 0.2) is 24.3 Å². The number of nitrogens with one attached hydrogen (secondary N) is 1. The van der Waals surface area contributed by atoms with Gasteiger partial charge in [0.2, 0.25) is 5.91 Å². The molecule has 0 spiro atoms. The molecule has 0 radical (unpaired) electrons. The average Bonchev–Trinajstić information content (AvgIpc) is 2.45. The second kappa shape index (κ2) is 8.26. The van der Waals surface area contributed by atoms with Crippen LogP contribution in [-0.4, -0.2) is 45.8 Å². The van der Waals surface area contributed by atoms with Gasteiger partial charge in [-0.3, -0.25) is 4.79 Å². The Labute approximate surface area is 137 Å². The third-order valence-corrected chi connectivity index (χ3v) is 5.00. The summed E-state index contributed by atoms with van der Waals surface area (Å²) in [6, 6.07) is 5.47. The molecule has 6 nitrogen and oxygen atoms in total. The molecule has 0 aliphatic rings. The van der Waals surface area contributed by atoms with Crippen molar-refractivity contribution in [2.24, 2.45) is 5.92 Å². The van der Waals surface area contributed by atoms with Crippen molar-refractivity contribution >= 4 is 21.8 Å². The molecule has 1 N–H and O–H groups in total. The maximum atomic E-state index is 14.0. The van der Waals surface area contributed by atoms with Crippen molar-refractivity contribution in [3.63, 3.8) is 0 Å². The first-order valence-corrected chi connectivity index (χ1v) is 8.77. The van der Waals surface area contributed by atoms with Crippen molar-refractivity contribution in [3.8, 4) is 0 Å². The molecule has 0 saturated carbocycles. The second-order valence-electron chi connectivity index (χ2n) is 5.78. The molecule has 1 aromatic rings. The molecule has 8 heteroatoms. The number of halogens is 1.